The van der Waals surface area contributed by atoms with Gasteiger partial charge in [-0.3, -0.25) is 14.4 Å². The van der Waals surface area contributed by atoms with E-state index in [1.165, 1.54) is 95.2 Å². The van der Waals surface area contributed by atoms with Crippen LogP contribution >= 0.6 is 0 Å². The van der Waals surface area contributed by atoms with E-state index < -0.39 is 0 Å². The van der Waals surface area contributed by atoms with E-state index in [4.69, 9.17) is 14.2 Å². The number of rotatable bonds is 30. The summed E-state index contributed by atoms with van der Waals surface area (Å²) in [5.74, 6) is 1.71. The van der Waals surface area contributed by atoms with Crippen LogP contribution in [0.15, 0.2) is 87.2 Å². The Bertz CT molecular complexity index is 1810. The fourth-order valence-electron chi connectivity index (χ4n) is 6.37. The van der Waals surface area contributed by atoms with Crippen LogP contribution in [-0.4, -0.2) is 34.8 Å². The topological polar surface area (TPSA) is 154 Å². The molecule has 0 aliphatic rings. The molecule has 12 heteroatoms. The molecule has 4 aromatic rings. The van der Waals surface area contributed by atoms with Gasteiger partial charge in [0.1, 0.15) is 17.2 Å². The Morgan fingerprint density at radius 3 is 0.883 bits per heavy atom. The maximum Gasteiger partial charge on any atom is 0.233 e. The van der Waals surface area contributed by atoms with Crippen LogP contribution in [-0.2, 0) is 0 Å². The van der Waals surface area contributed by atoms with Gasteiger partial charge in [0.15, 0.2) is 0 Å². The fourth-order valence-corrected chi connectivity index (χ4v) is 6.37. The second kappa shape index (κ2) is 28.0. The minimum atomic E-state index is -0.315. The number of hydrogen-bond donors (Lipinski definition) is 3. The van der Waals surface area contributed by atoms with Crippen molar-refractivity contribution < 1.29 is 14.2 Å². The summed E-state index contributed by atoms with van der Waals surface area (Å²) in [6.45, 7) is 8.27. The molecule has 0 amide bonds. The fraction of sp³-hybridized carbons (Fsp3) is 0.500. The molecule has 0 spiro atoms. The number of hydrogen-bond acceptors (Lipinski definition) is 12. The van der Waals surface area contributed by atoms with Crippen molar-refractivity contribution in [1.82, 2.24) is 15.0 Å². The lowest BCUT2D eigenvalue weighted by Crippen LogP contribution is -2.13. The molecule has 3 aromatic carbocycles. The molecular formula is C48H66N6O6. The van der Waals surface area contributed by atoms with Gasteiger partial charge in [-0.05, 0) is 92.1 Å². The lowest BCUT2D eigenvalue weighted by atomic mass is 10.1. The van der Waals surface area contributed by atoms with Gasteiger partial charge in [-0.2, -0.15) is 15.0 Å². The van der Waals surface area contributed by atoms with Crippen LogP contribution in [0.1, 0.15) is 136 Å². The van der Waals surface area contributed by atoms with Gasteiger partial charge in [-0.1, -0.05) is 117 Å². The van der Waals surface area contributed by atoms with Crippen molar-refractivity contribution in [2.75, 3.05) is 35.8 Å². The zero-order valence-corrected chi connectivity index (χ0v) is 36.1. The second-order valence-electron chi connectivity index (χ2n) is 15.1. The van der Waals surface area contributed by atoms with Crippen molar-refractivity contribution in [3.05, 3.63) is 103 Å². The first kappa shape index (κ1) is 47.2. The Kier molecular flexibility index (Phi) is 22.0. The van der Waals surface area contributed by atoms with E-state index in [-0.39, 0.29) is 51.2 Å². The first-order chi connectivity index (χ1) is 29.4. The Morgan fingerprint density at radius 1 is 0.350 bits per heavy atom. The van der Waals surface area contributed by atoms with Crippen LogP contribution in [0.5, 0.6) is 17.2 Å². The molecule has 3 N–H and O–H groups in total. The summed E-state index contributed by atoms with van der Waals surface area (Å²) in [6, 6.07) is 19.2. The maximum absolute atomic E-state index is 13.2. The predicted molar refractivity (Wildman–Crippen MR) is 244 cm³/mol. The summed E-state index contributed by atoms with van der Waals surface area (Å²) < 4.78 is 17.8. The molecule has 60 heavy (non-hydrogen) atoms. The van der Waals surface area contributed by atoms with Crippen molar-refractivity contribution in [2.45, 2.75) is 136 Å². The van der Waals surface area contributed by atoms with Gasteiger partial charge in [0.05, 0.1) is 36.9 Å². The van der Waals surface area contributed by atoms with Crippen LogP contribution in [0.4, 0.5) is 34.9 Å². The highest BCUT2D eigenvalue weighted by atomic mass is 16.5. The van der Waals surface area contributed by atoms with E-state index >= 15 is 0 Å². The zero-order chi connectivity index (χ0) is 42.6. The van der Waals surface area contributed by atoms with Crippen LogP contribution in [0, 0.1) is 0 Å². The maximum atomic E-state index is 13.2. The SMILES string of the molecule is CCCCCCCCOc1ccc(Nc2nc(Nc3ccc(OCCCCCCCC)ccc3=O)nc(Nc3ccc(OCCCCCCCC)ccc3=O)n2)c(=O)cc1. The standard InChI is InChI=1S/C48H66N6O6/c1-4-7-10-13-16-19-34-58-37-22-28-40(43(55)31-25-37)49-46-52-47(50-41-29-23-38(26-32-44(41)56)59-35-20-17-14-11-8-5-2)54-48(53-46)51-42-30-24-39(27-33-45(42)57)60-36-21-18-15-12-9-6-3/h22-33H,4-21,34-36H2,1-3H3,(H3,49,50,51,52,53,54,55,56,57). The van der Waals surface area contributed by atoms with Crippen LogP contribution in [0.25, 0.3) is 0 Å². The summed E-state index contributed by atoms with van der Waals surface area (Å²) in [7, 11) is 0. The molecule has 0 atom stereocenters. The van der Waals surface area contributed by atoms with Gasteiger partial charge in [0, 0.05) is 0 Å². The second-order valence-corrected chi connectivity index (χ2v) is 15.1. The number of nitrogens with one attached hydrogen (secondary N) is 3. The number of anilines is 6. The third-order valence-electron chi connectivity index (χ3n) is 9.91. The van der Waals surface area contributed by atoms with Gasteiger partial charge < -0.3 is 30.2 Å². The summed E-state index contributed by atoms with van der Waals surface area (Å²) in [5, 5.41) is 9.03. The Balaban J connectivity index is 1.53. The van der Waals surface area contributed by atoms with E-state index in [1.54, 1.807) is 54.6 Å². The van der Waals surface area contributed by atoms with Crippen LogP contribution < -0.4 is 46.4 Å². The van der Waals surface area contributed by atoms with Gasteiger partial charge >= 0.3 is 0 Å². The van der Waals surface area contributed by atoms with E-state index in [0.717, 1.165) is 38.5 Å². The average Bonchev–Trinajstić information content (AvgIpc) is 3.62. The molecule has 4 rings (SSSR count). The molecule has 324 valence electrons. The molecule has 0 saturated carbocycles. The molecule has 0 bridgehead atoms. The first-order valence-corrected chi connectivity index (χ1v) is 22.3. The number of nitrogens with zero attached hydrogens (tertiary/aromatic N) is 3. The summed E-state index contributed by atoms with van der Waals surface area (Å²) in [6.07, 6.45) is 20.7. The molecule has 0 saturated heterocycles. The highest BCUT2D eigenvalue weighted by molar-refractivity contribution is 5.62. The van der Waals surface area contributed by atoms with Crippen molar-refractivity contribution in [2.24, 2.45) is 0 Å². The monoisotopic (exact) mass is 823 g/mol. The average molecular weight is 823 g/mol. The summed E-state index contributed by atoms with van der Waals surface area (Å²) >= 11 is 0. The van der Waals surface area contributed by atoms with Crippen molar-refractivity contribution in [1.29, 1.82) is 0 Å². The lowest BCUT2D eigenvalue weighted by molar-refractivity contribution is 0.304. The predicted octanol–water partition coefficient (Wildman–Crippen LogP) is 11.4. The molecule has 1 aromatic heterocycles. The normalized spacial score (nSPS) is 10.8. The third kappa shape index (κ3) is 18.2. The van der Waals surface area contributed by atoms with E-state index in [9.17, 15) is 14.4 Å². The van der Waals surface area contributed by atoms with Crippen LogP contribution in [0.3, 0.4) is 0 Å². The molecule has 12 nitrogen and oxygen atoms in total. The highest BCUT2D eigenvalue weighted by Gasteiger charge is 2.12. The molecule has 0 fully saturated rings. The highest BCUT2D eigenvalue weighted by Crippen LogP contribution is 2.21. The van der Waals surface area contributed by atoms with Crippen molar-refractivity contribution in [3.63, 3.8) is 0 Å². The van der Waals surface area contributed by atoms with Gasteiger partial charge in [0.2, 0.25) is 34.1 Å². The molecule has 0 aliphatic heterocycles. The Hall–Kier alpha value is -5.52. The van der Waals surface area contributed by atoms with Gasteiger partial charge in [-0.15, -0.1) is 0 Å². The Labute approximate surface area is 356 Å². The number of aromatic nitrogens is 3. The van der Waals surface area contributed by atoms with Crippen molar-refractivity contribution in [3.8, 4) is 17.2 Å². The third-order valence-corrected chi connectivity index (χ3v) is 9.91. The minimum absolute atomic E-state index is 0.000670. The molecule has 0 aliphatic carbocycles. The quantitative estimate of drug-likeness (QED) is 0.0429. The largest absolute Gasteiger partial charge is 0.494 e. The number of unbranched alkanes of at least 4 members (excludes halogenated alkanes) is 15. The van der Waals surface area contributed by atoms with Crippen molar-refractivity contribution >= 4 is 34.9 Å². The lowest BCUT2D eigenvalue weighted by Gasteiger charge is -2.10. The van der Waals surface area contributed by atoms with E-state index in [2.05, 4.69) is 51.7 Å². The van der Waals surface area contributed by atoms with E-state index in [1.807, 2.05) is 0 Å². The molecular weight excluding hydrogens is 757 g/mol. The van der Waals surface area contributed by atoms with Gasteiger partial charge in [-0.25, -0.2) is 0 Å². The first-order valence-electron chi connectivity index (χ1n) is 22.3. The minimum Gasteiger partial charge on any atom is -0.494 e. The number of ether oxygens (including phenoxy) is 3. The molecule has 1 heterocycles. The van der Waals surface area contributed by atoms with Crippen LogP contribution in [0.2, 0.25) is 0 Å². The summed E-state index contributed by atoms with van der Waals surface area (Å²) in [5.41, 5.74) is -0.367. The Morgan fingerprint density at radius 2 is 0.600 bits per heavy atom. The van der Waals surface area contributed by atoms with E-state index in [0.29, 0.717) is 37.1 Å². The van der Waals surface area contributed by atoms with Gasteiger partial charge in [0.25, 0.3) is 0 Å². The smallest absolute Gasteiger partial charge is 0.233 e. The zero-order valence-electron chi connectivity index (χ0n) is 36.1. The molecule has 0 unspecified atom stereocenters. The summed E-state index contributed by atoms with van der Waals surface area (Å²) in [4.78, 5) is 53.1. The molecule has 0 radical (unpaired) electrons.